The van der Waals surface area contributed by atoms with Gasteiger partial charge in [-0.25, -0.2) is 8.42 Å². The summed E-state index contributed by atoms with van der Waals surface area (Å²) < 4.78 is 25.4. The molecule has 1 fully saturated rings. The van der Waals surface area contributed by atoms with Crippen LogP contribution in [0.25, 0.3) is 0 Å². The van der Waals surface area contributed by atoms with Crippen LogP contribution in [-0.2, 0) is 19.6 Å². The number of rotatable bonds is 6. The van der Waals surface area contributed by atoms with Gasteiger partial charge in [0, 0.05) is 46.0 Å². The molecule has 1 aliphatic rings. The largest absolute Gasteiger partial charge is 0.378 e. The Morgan fingerprint density at radius 1 is 1.08 bits per heavy atom. The first-order chi connectivity index (χ1) is 11.7. The molecule has 0 aliphatic carbocycles. The second kappa shape index (κ2) is 7.73. The van der Waals surface area contributed by atoms with Gasteiger partial charge in [0.2, 0.25) is 22.3 Å². The first-order valence-electron chi connectivity index (χ1n) is 7.94. The summed E-state index contributed by atoms with van der Waals surface area (Å²) in [5, 5.41) is 0. The van der Waals surface area contributed by atoms with Gasteiger partial charge < -0.3 is 14.7 Å². The number of hydrogen-bond acceptors (Lipinski definition) is 5. The highest BCUT2D eigenvalue weighted by Crippen LogP contribution is 2.21. The molecule has 138 valence electrons. The molecule has 2 amide bonds. The topological polar surface area (TPSA) is 81.2 Å². The van der Waals surface area contributed by atoms with Crippen LogP contribution in [0.5, 0.6) is 0 Å². The fourth-order valence-electron chi connectivity index (χ4n) is 2.62. The zero-order valence-electron chi connectivity index (χ0n) is 14.8. The SMILES string of the molecule is CN(C)c1ccc(N(CC(=O)N2CCN(C=O)CC2)S(C)(=O)=O)cc1. The maximum atomic E-state index is 12.5. The minimum absolute atomic E-state index is 0.249. The van der Waals surface area contributed by atoms with Crippen LogP contribution in [0.2, 0.25) is 0 Å². The first-order valence-corrected chi connectivity index (χ1v) is 9.79. The van der Waals surface area contributed by atoms with Crippen LogP contribution in [0.4, 0.5) is 11.4 Å². The predicted octanol–water partition coefficient (Wildman–Crippen LogP) is -0.181. The third-order valence-electron chi connectivity index (χ3n) is 4.15. The summed E-state index contributed by atoms with van der Waals surface area (Å²) in [6, 6.07) is 6.99. The molecule has 0 atom stereocenters. The van der Waals surface area contributed by atoms with Crippen molar-refractivity contribution >= 4 is 33.7 Å². The van der Waals surface area contributed by atoms with Gasteiger partial charge in [0.15, 0.2) is 0 Å². The minimum Gasteiger partial charge on any atom is -0.378 e. The Morgan fingerprint density at radius 3 is 2.04 bits per heavy atom. The van der Waals surface area contributed by atoms with Crippen LogP contribution >= 0.6 is 0 Å². The number of amides is 2. The molecule has 0 N–H and O–H groups in total. The van der Waals surface area contributed by atoms with Crippen LogP contribution in [0, 0.1) is 0 Å². The van der Waals surface area contributed by atoms with Crippen LogP contribution in [0.3, 0.4) is 0 Å². The summed E-state index contributed by atoms with van der Waals surface area (Å²) in [7, 11) is 0.195. The van der Waals surface area contributed by atoms with E-state index in [2.05, 4.69) is 0 Å². The van der Waals surface area contributed by atoms with Crippen molar-refractivity contribution in [3.63, 3.8) is 0 Å². The lowest BCUT2D eigenvalue weighted by molar-refractivity contribution is -0.133. The zero-order valence-corrected chi connectivity index (χ0v) is 15.6. The van der Waals surface area contributed by atoms with Crippen molar-refractivity contribution in [2.75, 3.05) is 62.3 Å². The maximum Gasteiger partial charge on any atom is 0.243 e. The minimum atomic E-state index is -3.59. The molecule has 1 heterocycles. The van der Waals surface area contributed by atoms with Crippen LogP contribution in [0.15, 0.2) is 24.3 Å². The normalized spacial score (nSPS) is 15.0. The predicted molar refractivity (Wildman–Crippen MR) is 97.2 cm³/mol. The molecule has 0 unspecified atom stereocenters. The molecule has 1 aromatic rings. The number of anilines is 2. The van der Waals surface area contributed by atoms with E-state index in [1.54, 1.807) is 34.1 Å². The number of nitrogens with zero attached hydrogens (tertiary/aromatic N) is 4. The number of sulfonamides is 1. The van der Waals surface area contributed by atoms with Gasteiger partial charge in [0.05, 0.1) is 11.9 Å². The van der Waals surface area contributed by atoms with E-state index in [9.17, 15) is 18.0 Å². The lowest BCUT2D eigenvalue weighted by Gasteiger charge is -2.34. The second-order valence-electron chi connectivity index (χ2n) is 6.20. The highest BCUT2D eigenvalue weighted by atomic mass is 32.2. The molecule has 1 aromatic carbocycles. The monoisotopic (exact) mass is 368 g/mol. The van der Waals surface area contributed by atoms with E-state index in [4.69, 9.17) is 0 Å². The molecule has 0 aromatic heterocycles. The fraction of sp³-hybridized carbons (Fsp3) is 0.500. The van der Waals surface area contributed by atoms with Gasteiger partial charge in [-0.05, 0) is 24.3 Å². The maximum absolute atomic E-state index is 12.5. The average Bonchev–Trinajstić information content (AvgIpc) is 2.58. The Hall–Kier alpha value is -2.29. The zero-order chi connectivity index (χ0) is 18.6. The Kier molecular flexibility index (Phi) is 5.89. The first kappa shape index (κ1) is 19.0. The van der Waals surface area contributed by atoms with Crippen molar-refractivity contribution in [1.82, 2.24) is 9.80 Å². The molecular formula is C16H24N4O4S. The van der Waals surface area contributed by atoms with Crippen LogP contribution < -0.4 is 9.21 Å². The summed E-state index contributed by atoms with van der Waals surface area (Å²) in [4.78, 5) is 28.3. The molecule has 9 heteroatoms. The fourth-order valence-corrected chi connectivity index (χ4v) is 3.47. The Balaban J connectivity index is 2.13. The average molecular weight is 368 g/mol. The van der Waals surface area contributed by atoms with Gasteiger partial charge >= 0.3 is 0 Å². The Morgan fingerprint density at radius 2 is 1.60 bits per heavy atom. The molecule has 1 saturated heterocycles. The van der Waals surface area contributed by atoms with Gasteiger partial charge in [-0.3, -0.25) is 13.9 Å². The van der Waals surface area contributed by atoms with Gasteiger partial charge in [-0.1, -0.05) is 0 Å². The van der Waals surface area contributed by atoms with Crippen molar-refractivity contribution in [3.8, 4) is 0 Å². The van der Waals surface area contributed by atoms with E-state index in [0.29, 0.717) is 31.9 Å². The van der Waals surface area contributed by atoms with Gasteiger partial charge in [0.1, 0.15) is 6.54 Å². The molecule has 0 radical (unpaired) electrons. The van der Waals surface area contributed by atoms with Gasteiger partial charge in [0.25, 0.3) is 0 Å². The molecule has 2 rings (SSSR count). The highest BCUT2D eigenvalue weighted by Gasteiger charge is 2.26. The van der Waals surface area contributed by atoms with Crippen molar-refractivity contribution in [2.45, 2.75) is 0 Å². The second-order valence-corrected chi connectivity index (χ2v) is 8.11. The van der Waals surface area contributed by atoms with E-state index < -0.39 is 10.0 Å². The molecule has 1 aliphatic heterocycles. The van der Waals surface area contributed by atoms with E-state index in [1.165, 1.54) is 0 Å². The standard InChI is InChI=1S/C16H24N4O4S/c1-17(2)14-4-6-15(7-5-14)20(25(3,23)24)12-16(22)19-10-8-18(13-21)9-11-19/h4-7,13H,8-12H2,1-3H3. The summed E-state index contributed by atoms with van der Waals surface area (Å²) in [5.74, 6) is -0.271. The van der Waals surface area contributed by atoms with E-state index in [0.717, 1.165) is 22.7 Å². The van der Waals surface area contributed by atoms with Crippen molar-refractivity contribution in [1.29, 1.82) is 0 Å². The summed E-state index contributed by atoms with van der Waals surface area (Å²) in [6.07, 6.45) is 1.85. The smallest absolute Gasteiger partial charge is 0.243 e. The number of carbonyl (C=O) groups excluding carboxylic acids is 2. The van der Waals surface area contributed by atoms with Crippen molar-refractivity contribution in [3.05, 3.63) is 24.3 Å². The molecule has 8 nitrogen and oxygen atoms in total. The van der Waals surface area contributed by atoms with Crippen molar-refractivity contribution < 1.29 is 18.0 Å². The summed E-state index contributed by atoms with van der Waals surface area (Å²) in [5.41, 5.74) is 1.39. The van der Waals surface area contributed by atoms with Crippen LogP contribution in [-0.4, -0.2) is 83.6 Å². The third kappa shape index (κ3) is 4.85. The lowest BCUT2D eigenvalue weighted by atomic mass is 10.2. The number of hydrogen-bond donors (Lipinski definition) is 0. The molecule has 0 spiro atoms. The number of carbonyl (C=O) groups is 2. The molecule has 0 saturated carbocycles. The third-order valence-corrected chi connectivity index (χ3v) is 5.29. The lowest BCUT2D eigenvalue weighted by Crippen LogP contribution is -2.51. The van der Waals surface area contributed by atoms with Crippen molar-refractivity contribution in [2.24, 2.45) is 0 Å². The van der Waals surface area contributed by atoms with Gasteiger partial charge in [-0.2, -0.15) is 0 Å². The number of piperazine rings is 1. The molecular weight excluding hydrogens is 344 g/mol. The molecule has 0 bridgehead atoms. The van der Waals surface area contributed by atoms with E-state index in [-0.39, 0.29) is 12.5 Å². The number of benzene rings is 1. The van der Waals surface area contributed by atoms with Gasteiger partial charge in [-0.15, -0.1) is 0 Å². The van der Waals surface area contributed by atoms with E-state index in [1.807, 2.05) is 19.0 Å². The summed E-state index contributed by atoms with van der Waals surface area (Å²) in [6.45, 7) is 1.50. The summed E-state index contributed by atoms with van der Waals surface area (Å²) >= 11 is 0. The Labute approximate surface area is 148 Å². The van der Waals surface area contributed by atoms with E-state index >= 15 is 0 Å². The molecule has 25 heavy (non-hydrogen) atoms. The quantitative estimate of drug-likeness (QED) is 0.651. The van der Waals surface area contributed by atoms with Crippen LogP contribution in [0.1, 0.15) is 0 Å². The Bertz CT molecular complexity index is 710. The highest BCUT2D eigenvalue weighted by molar-refractivity contribution is 7.92.